The van der Waals surface area contributed by atoms with Crippen molar-refractivity contribution in [3.63, 3.8) is 0 Å². The number of carbonyl (C=O) groups excluding carboxylic acids is 1. The first-order valence-corrected chi connectivity index (χ1v) is 14.1. The summed E-state index contributed by atoms with van der Waals surface area (Å²) >= 11 is 1.33. The van der Waals surface area contributed by atoms with Crippen LogP contribution in [0.4, 0.5) is 0 Å². The van der Waals surface area contributed by atoms with Gasteiger partial charge in [-0.2, -0.15) is 0 Å². The molecule has 1 atom stereocenters. The molecule has 1 amide bonds. The molecule has 1 aromatic heterocycles. The quantitative estimate of drug-likeness (QED) is 0.440. The molecule has 178 valence electrons. The normalized spacial score (nSPS) is 19.1. The SMILES string of the molecule is COc1cccc(-c2nnc(SCC(=O)N(C3CC3)C3CCS(=O)(=O)C3)n2-c2ccccc2)c1. The molecular weight excluding hydrogens is 472 g/mol. The second-order valence-corrected chi connectivity index (χ2v) is 11.8. The molecule has 3 aromatic rings. The van der Waals surface area contributed by atoms with Crippen LogP contribution in [0.3, 0.4) is 0 Å². The molecule has 2 aliphatic rings. The molecule has 1 aliphatic heterocycles. The van der Waals surface area contributed by atoms with Crippen molar-refractivity contribution in [2.24, 2.45) is 0 Å². The summed E-state index contributed by atoms with van der Waals surface area (Å²) in [5.41, 5.74) is 1.74. The van der Waals surface area contributed by atoms with Gasteiger partial charge in [-0.3, -0.25) is 9.36 Å². The van der Waals surface area contributed by atoms with Crippen molar-refractivity contribution in [3.05, 3.63) is 54.6 Å². The summed E-state index contributed by atoms with van der Waals surface area (Å²) in [5, 5.41) is 9.45. The monoisotopic (exact) mass is 498 g/mol. The van der Waals surface area contributed by atoms with Crippen LogP contribution in [-0.2, 0) is 14.6 Å². The van der Waals surface area contributed by atoms with Gasteiger partial charge in [-0.05, 0) is 43.5 Å². The van der Waals surface area contributed by atoms with Crippen LogP contribution in [0.1, 0.15) is 19.3 Å². The van der Waals surface area contributed by atoms with Crippen molar-refractivity contribution in [1.82, 2.24) is 19.7 Å². The van der Waals surface area contributed by atoms with E-state index >= 15 is 0 Å². The van der Waals surface area contributed by atoms with Gasteiger partial charge in [0.15, 0.2) is 20.8 Å². The average molecular weight is 499 g/mol. The number of ether oxygens (including phenoxy) is 1. The number of aromatic nitrogens is 3. The second-order valence-electron chi connectivity index (χ2n) is 8.59. The van der Waals surface area contributed by atoms with Gasteiger partial charge in [0.25, 0.3) is 0 Å². The molecular formula is C24H26N4O4S2. The molecule has 0 N–H and O–H groups in total. The van der Waals surface area contributed by atoms with Gasteiger partial charge in [0.05, 0.1) is 24.4 Å². The lowest BCUT2D eigenvalue weighted by atomic mass is 10.2. The predicted octanol–water partition coefficient (Wildman–Crippen LogP) is 3.21. The Morgan fingerprint density at radius 3 is 2.56 bits per heavy atom. The largest absolute Gasteiger partial charge is 0.497 e. The Morgan fingerprint density at radius 2 is 1.88 bits per heavy atom. The van der Waals surface area contributed by atoms with Gasteiger partial charge in [-0.1, -0.05) is 42.1 Å². The number of thioether (sulfide) groups is 1. The highest BCUT2D eigenvalue weighted by Crippen LogP contribution is 2.34. The molecule has 2 aromatic carbocycles. The van der Waals surface area contributed by atoms with E-state index in [9.17, 15) is 13.2 Å². The standard InChI is InChI=1S/C24H26N4O4S2/c1-32-21-9-5-6-17(14-21)23-25-26-24(28(23)18-7-3-2-4-8-18)33-15-22(29)27(19-10-11-19)20-12-13-34(30,31)16-20/h2-9,14,19-20H,10-13,15-16H2,1H3. The summed E-state index contributed by atoms with van der Waals surface area (Å²) in [5.74, 6) is 1.74. The van der Waals surface area contributed by atoms with E-state index in [-0.39, 0.29) is 35.2 Å². The maximum atomic E-state index is 13.2. The number of benzene rings is 2. The van der Waals surface area contributed by atoms with Crippen molar-refractivity contribution >= 4 is 27.5 Å². The molecule has 2 heterocycles. The van der Waals surface area contributed by atoms with Gasteiger partial charge in [0, 0.05) is 23.3 Å². The minimum atomic E-state index is -3.06. The lowest BCUT2D eigenvalue weighted by molar-refractivity contribution is -0.130. The number of nitrogens with zero attached hydrogens (tertiary/aromatic N) is 4. The van der Waals surface area contributed by atoms with Crippen LogP contribution in [0.15, 0.2) is 59.8 Å². The van der Waals surface area contributed by atoms with Crippen LogP contribution in [0.5, 0.6) is 5.75 Å². The summed E-state index contributed by atoms with van der Waals surface area (Å²) < 4.78 is 31.3. The molecule has 10 heteroatoms. The third kappa shape index (κ3) is 4.83. The zero-order valence-corrected chi connectivity index (χ0v) is 20.5. The highest BCUT2D eigenvalue weighted by molar-refractivity contribution is 7.99. The van der Waals surface area contributed by atoms with Crippen molar-refractivity contribution in [2.75, 3.05) is 24.4 Å². The van der Waals surface area contributed by atoms with Gasteiger partial charge in [0.1, 0.15) is 5.75 Å². The van der Waals surface area contributed by atoms with Gasteiger partial charge >= 0.3 is 0 Å². The molecule has 1 saturated heterocycles. The first-order chi connectivity index (χ1) is 16.4. The fourth-order valence-electron chi connectivity index (χ4n) is 4.38. The van der Waals surface area contributed by atoms with Crippen LogP contribution in [-0.4, -0.2) is 70.4 Å². The van der Waals surface area contributed by atoms with E-state index in [0.717, 1.165) is 29.8 Å². The van der Waals surface area contributed by atoms with Crippen molar-refractivity contribution in [3.8, 4) is 22.8 Å². The summed E-state index contributed by atoms with van der Waals surface area (Å²) in [4.78, 5) is 15.1. The highest BCUT2D eigenvalue weighted by atomic mass is 32.2. The van der Waals surface area contributed by atoms with Crippen molar-refractivity contribution < 1.29 is 17.9 Å². The number of sulfone groups is 1. The van der Waals surface area contributed by atoms with E-state index in [1.807, 2.05) is 64.1 Å². The predicted molar refractivity (Wildman–Crippen MR) is 131 cm³/mol. The Bertz CT molecular complexity index is 1290. The summed E-state index contributed by atoms with van der Waals surface area (Å²) in [6, 6.07) is 17.3. The summed E-state index contributed by atoms with van der Waals surface area (Å²) in [6.07, 6.45) is 2.40. The van der Waals surface area contributed by atoms with Gasteiger partial charge in [-0.15, -0.1) is 10.2 Å². The van der Waals surface area contributed by atoms with E-state index in [4.69, 9.17) is 4.74 Å². The first kappa shape index (κ1) is 22.9. The van der Waals surface area contributed by atoms with Gasteiger partial charge < -0.3 is 9.64 Å². The van der Waals surface area contributed by atoms with E-state index in [0.29, 0.717) is 17.4 Å². The minimum Gasteiger partial charge on any atom is -0.497 e. The average Bonchev–Trinajstić information content (AvgIpc) is 3.48. The Labute approximate surface area is 203 Å². The first-order valence-electron chi connectivity index (χ1n) is 11.2. The second kappa shape index (κ2) is 9.42. The maximum absolute atomic E-state index is 13.2. The topological polar surface area (TPSA) is 94.4 Å². The smallest absolute Gasteiger partial charge is 0.233 e. The zero-order valence-electron chi connectivity index (χ0n) is 18.8. The molecule has 1 unspecified atom stereocenters. The lowest BCUT2D eigenvalue weighted by Gasteiger charge is -2.28. The van der Waals surface area contributed by atoms with Gasteiger partial charge in [0.2, 0.25) is 5.91 Å². The van der Waals surface area contributed by atoms with Gasteiger partial charge in [-0.25, -0.2) is 8.42 Å². The molecule has 1 saturated carbocycles. The number of carbonyl (C=O) groups is 1. The molecule has 0 bridgehead atoms. The Hall–Kier alpha value is -2.85. The van der Waals surface area contributed by atoms with E-state index < -0.39 is 9.84 Å². The molecule has 1 aliphatic carbocycles. The fourth-order valence-corrected chi connectivity index (χ4v) is 6.91. The Kier molecular flexibility index (Phi) is 6.35. The summed E-state index contributed by atoms with van der Waals surface area (Å²) in [6.45, 7) is 0. The van der Waals surface area contributed by atoms with Crippen LogP contribution in [0.2, 0.25) is 0 Å². The molecule has 0 radical (unpaired) electrons. The lowest BCUT2D eigenvalue weighted by Crippen LogP contribution is -2.43. The van der Waals surface area contributed by atoms with Crippen LogP contribution in [0.25, 0.3) is 17.1 Å². The minimum absolute atomic E-state index is 0.0415. The highest BCUT2D eigenvalue weighted by Gasteiger charge is 2.42. The van der Waals surface area contributed by atoms with E-state index in [1.54, 1.807) is 7.11 Å². The number of methoxy groups -OCH3 is 1. The van der Waals surface area contributed by atoms with Crippen molar-refractivity contribution in [1.29, 1.82) is 0 Å². The van der Waals surface area contributed by atoms with Crippen molar-refractivity contribution in [2.45, 2.75) is 36.5 Å². The molecule has 2 fully saturated rings. The molecule has 0 spiro atoms. The third-order valence-corrected chi connectivity index (χ3v) is 8.79. The number of para-hydroxylation sites is 1. The molecule has 8 nitrogen and oxygen atoms in total. The van der Waals surface area contributed by atoms with Crippen LogP contribution in [0, 0.1) is 0 Å². The third-order valence-electron chi connectivity index (χ3n) is 6.13. The van der Waals surface area contributed by atoms with E-state index in [2.05, 4.69) is 10.2 Å². The fraction of sp³-hybridized carbons (Fsp3) is 0.375. The van der Waals surface area contributed by atoms with Crippen LogP contribution >= 0.6 is 11.8 Å². The number of amides is 1. The number of hydrogen-bond acceptors (Lipinski definition) is 7. The van der Waals surface area contributed by atoms with Crippen LogP contribution < -0.4 is 4.74 Å². The summed E-state index contributed by atoms with van der Waals surface area (Å²) in [7, 11) is -1.44. The Morgan fingerprint density at radius 1 is 1.09 bits per heavy atom. The maximum Gasteiger partial charge on any atom is 0.233 e. The number of hydrogen-bond donors (Lipinski definition) is 0. The zero-order chi connectivity index (χ0) is 23.7. The van der Waals surface area contributed by atoms with E-state index in [1.165, 1.54) is 11.8 Å². The molecule has 5 rings (SSSR count). The molecule has 34 heavy (non-hydrogen) atoms. The Balaban J connectivity index is 1.41. The number of rotatable bonds is 8.